The molecule has 0 atom stereocenters. The van der Waals surface area contributed by atoms with Crippen LogP contribution in [0.3, 0.4) is 0 Å². The second-order valence-corrected chi connectivity index (χ2v) is 8.72. The van der Waals surface area contributed by atoms with Crippen LogP contribution in [0, 0.1) is 12.8 Å². The van der Waals surface area contributed by atoms with Gasteiger partial charge in [-0.15, -0.1) is 11.3 Å². The van der Waals surface area contributed by atoms with Crippen molar-refractivity contribution in [3.63, 3.8) is 0 Å². The number of anilines is 1. The normalized spacial score (nSPS) is 14.7. The molecule has 1 aliphatic rings. The van der Waals surface area contributed by atoms with E-state index in [0.29, 0.717) is 43.1 Å². The van der Waals surface area contributed by atoms with Crippen molar-refractivity contribution in [1.29, 1.82) is 0 Å². The van der Waals surface area contributed by atoms with Gasteiger partial charge in [0, 0.05) is 4.88 Å². The smallest absolute Gasteiger partial charge is 0.341 e. The quantitative estimate of drug-likeness (QED) is 0.599. The molecule has 1 saturated heterocycles. The predicted octanol–water partition coefficient (Wildman–Crippen LogP) is 4.11. The number of ether oxygens (including phenoxy) is 2. The lowest BCUT2D eigenvalue weighted by Gasteiger charge is -2.30. The summed E-state index contributed by atoms with van der Waals surface area (Å²) in [6, 6.07) is 9.78. The lowest BCUT2D eigenvalue weighted by atomic mass is 9.97. The molecule has 0 radical (unpaired) electrons. The van der Waals surface area contributed by atoms with E-state index in [9.17, 15) is 14.4 Å². The highest BCUT2D eigenvalue weighted by atomic mass is 32.1. The van der Waals surface area contributed by atoms with Gasteiger partial charge in [0.05, 0.1) is 31.2 Å². The monoisotopic (exact) mass is 458 g/mol. The molecule has 7 nitrogen and oxygen atoms in total. The lowest BCUT2D eigenvalue weighted by Crippen LogP contribution is -2.41. The third kappa shape index (κ3) is 5.75. The maximum absolute atomic E-state index is 12.8. The van der Waals surface area contributed by atoms with Crippen molar-refractivity contribution >= 4 is 34.2 Å². The van der Waals surface area contributed by atoms with E-state index in [1.54, 1.807) is 13.8 Å². The topological polar surface area (TPSA) is 84.9 Å². The number of hydrogen-bond donors (Lipinski definition) is 1. The molecule has 1 N–H and O–H groups in total. The molecule has 3 rings (SSSR count). The Balaban J connectivity index is 1.70. The van der Waals surface area contributed by atoms with E-state index in [2.05, 4.69) is 5.32 Å². The highest BCUT2D eigenvalue weighted by Crippen LogP contribution is 2.40. The zero-order chi connectivity index (χ0) is 23.1. The Hall–Kier alpha value is -2.71. The Morgan fingerprint density at radius 1 is 1.06 bits per heavy atom. The molecule has 1 aromatic heterocycles. The number of carbonyl (C=O) groups excluding carboxylic acids is 3. The number of benzene rings is 1. The Labute approximate surface area is 192 Å². The summed E-state index contributed by atoms with van der Waals surface area (Å²) in [7, 11) is 0. The average Bonchev–Trinajstić information content (AvgIpc) is 3.10. The summed E-state index contributed by atoms with van der Waals surface area (Å²) in [4.78, 5) is 40.3. The lowest BCUT2D eigenvalue weighted by molar-refractivity contribution is -0.149. The molecule has 0 spiro atoms. The molecule has 32 heavy (non-hydrogen) atoms. The molecule has 172 valence electrons. The van der Waals surface area contributed by atoms with E-state index >= 15 is 0 Å². The summed E-state index contributed by atoms with van der Waals surface area (Å²) in [6.07, 6.45) is 1.35. The first-order chi connectivity index (χ1) is 15.4. The maximum Gasteiger partial charge on any atom is 0.341 e. The summed E-state index contributed by atoms with van der Waals surface area (Å²) in [6.45, 7) is 7.59. The summed E-state index contributed by atoms with van der Waals surface area (Å²) in [5, 5.41) is 3.43. The van der Waals surface area contributed by atoms with Crippen molar-refractivity contribution in [3.05, 3.63) is 41.5 Å². The first kappa shape index (κ1) is 23.9. The van der Waals surface area contributed by atoms with Crippen LogP contribution in [-0.2, 0) is 19.1 Å². The van der Waals surface area contributed by atoms with Crippen molar-refractivity contribution in [2.24, 2.45) is 5.92 Å². The highest BCUT2D eigenvalue weighted by Gasteiger charge is 2.28. The number of hydrogen-bond acceptors (Lipinski definition) is 7. The van der Waals surface area contributed by atoms with Crippen LogP contribution in [0.15, 0.2) is 30.3 Å². The predicted molar refractivity (Wildman–Crippen MR) is 125 cm³/mol. The van der Waals surface area contributed by atoms with Gasteiger partial charge in [-0.25, -0.2) is 4.79 Å². The molecule has 1 fully saturated rings. The first-order valence-corrected chi connectivity index (χ1v) is 11.8. The number of carbonyl (C=O) groups is 3. The van der Waals surface area contributed by atoms with Crippen LogP contribution >= 0.6 is 11.3 Å². The van der Waals surface area contributed by atoms with Crippen LogP contribution in [0.5, 0.6) is 0 Å². The number of thiophene rings is 1. The summed E-state index contributed by atoms with van der Waals surface area (Å²) in [5.74, 6) is -0.879. The van der Waals surface area contributed by atoms with E-state index in [4.69, 9.17) is 9.47 Å². The van der Waals surface area contributed by atoms with Gasteiger partial charge in [-0.05, 0) is 57.8 Å². The molecular formula is C24H30N2O5S. The minimum absolute atomic E-state index is 0.0990. The number of amides is 1. The van der Waals surface area contributed by atoms with E-state index < -0.39 is 5.97 Å². The molecule has 0 unspecified atom stereocenters. The van der Waals surface area contributed by atoms with Gasteiger partial charge in [-0.1, -0.05) is 30.3 Å². The summed E-state index contributed by atoms with van der Waals surface area (Å²) in [5.41, 5.74) is 2.19. The number of piperidine rings is 1. The maximum atomic E-state index is 12.8. The number of esters is 2. The molecule has 8 heteroatoms. The van der Waals surface area contributed by atoms with Gasteiger partial charge in [-0.3, -0.25) is 14.5 Å². The van der Waals surface area contributed by atoms with E-state index in [-0.39, 0.29) is 30.9 Å². The van der Waals surface area contributed by atoms with Crippen LogP contribution in [0.2, 0.25) is 0 Å². The molecular weight excluding hydrogens is 428 g/mol. The minimum atomic E-state index is -0.436. The van der Waals surface area contributed by atoms with Crippen molar-refractivity contribution < 1.29 is 23.9 Å². The van der Waals surface area contributed by atoms with Gasteiger partial charge in [-0.2, -0.15) is 0 Å². The van der Waals surface area contributed by atoms with Crippen LogP contribution in [0.25, 0.3) is 10.4 Å². The number of nitrogens with zero attached hydrogens (tertiary/aromatic N) is 1. The summed E-state index contributed by atoms with van der Waals surface area (Å²) < 4.78 is 10.3. The molecule has 1 aliphatic heterocycles. The zero-order valence-electron chi connectivity index (χ0n) is 18.8. The third-order valence-corrected chi connectivity index (χ3v) is 6.75. The first-order valence-electron chi connectivity index (χ1n) is 11.0. The fourth-order valence-electron chi connectivity index (χ4n) is 3.87. The minimum Gasteiger partial charge on any atom is -0.466 e. The van der Waals surface area contributed by atoms with Gasteiger partial charge in [0.15, 0.2) is 0 Å². The van der Waals surface area contributed by atoms with Gasteiger partial charge >= 0.3 is 11.9 Å². The van der Waals surface area contributed by atoms with Crippen LogP contribution in [-0.4, -0.2) is 55.6 Å². The number of nitrogens with one attached hydrogen (secondary N) is 1. The Morgan fingerprint density at radius 3 is 2.34 bits per heavy atom. The Kier molecular flexibility index (Phi) is 8.41. The van der Waals surface area contributed by atoms with Gasteiger partial charge in [0.2, 0.25) is 5.91 Å². The second-order valence-electron chi connectivity index (χ2n) is 7.70. The van der Waals surface area contributed by atoms with Crippen LogP contribution in [0.1, 0.15) is 42.6 Å². The Bertz CT molecular complexity index is 949. The highest BCUT2D eigenvalue weighted by molar-refractivity contribution is 7.20. The van der Waals surface area contributed by atoms with Crippen LogP contribution < -0.4 is 5.32 Å². The SMILES string of the molecule is CCOC(=O)c1c(NC(=O)CN2CCC(C(=O)OCC)CC2)sc(-c2ccccc2)c1C. The number of rotatable bonds is 8. The molecule has 1 aromatic carbocycles. The van der Waals surface area contributed by atoms with Crippen molar-refractivity contribution in [2.45, 2.75) is 33.6 Å². The van der Waals surface area contributed by atoms with Crippen molar-refractivity contribution in [2.75, 3.05) is 38.2 Å². The largest absolute Gasteiger partial charge is 0.466 e. The molecule has 1 amide bonds. The van der Waals surface area contributed by atoms with E-state index in [0.717, 1.165) is 16.0 Å². The van der Waals surface area contributed by atoms with E-state index in [1.165, 1.54) is 11.3 Å². The number of likely N-dealkylation sites (tertiary alicyclic amines) is 1. The Morgan fingerprint density at radius 2 is 1.72 bits per heavy atom. The van der Waals surface area contributed by atoms with E-state index in [1.807, 2.05) is 42.2 Å². The molecule has 2 heterocycles. The summed E-state index contributed by atoms with van der Waals surface area (Å²) >= 11 is 1.38. The fraction of sp³-hybridized carbons (Fsp3) is 0.458. The van der Waals surface area contributed by atoms with Crippen LogP contribution in [0.4, 0.5) is 5.00 Å². The second kappa shape index (κ2) is 11.2. The third-order valence-electron chi connectivity index (χ3n) is 5.49. The average molecular weight is 459 g/mol. The fourth-order valence-corrected chi connectivity index (χ4v) is 5.09. The van der Waals surface area contributed by atoms with Gasteiger partial charge in [0.1, 0.15) is 5.00 Å². The van der Waals surface area contributed by atoms with Gasteiger partial charge < -0.3 is 14.8 Å². The van der Waals surface area contributed by atoms with Crippen molar-refractivity contribution in [3.8, 4) is 10.4 Å². The van der Waals surface area contributed by atoms with Crippen molar-refractivity contribution in [1.82, 2.24) is 4.90 Å². The van der Waals surface area contributed by atoms with Gasteiger partial charge in [0.25, 0.3) is 0 Å². The standard InChI is InChI=1S/C24H30N2O5S/c1-4-30-23(28)18-11-13-26(14-12-18)15-19(27)25-22-20(24(29)31-5-2)16(3)21(32-22)17-9-7-6-8-10-17/h6-10,18H,4-5,11-15H2,1-3H3,(H,25,27). The molecule has 0 saturated carbocycles. The zero-order valence-corrected chi connectivity index (χ0v) is 19.6. The molecule has 2 aromatic rings. The molecule has 0 aliphatic carbocycles. The molecule has 0 bridgehead atoms.